The van der Waals surface area contributed by atoms with Crippen LogP contribution in [0.3, 0.4) is 0 Å². The molecule has 1 aromatic carbocycles. The van der Waals surface area contributed by atoms with Gasteiger partial charge in [0.15, 0.2) is 0 Å². The van der Waals surface area contributed by atoms with E-state index in [0.717, 1.165) is 12.0 Å². The van der Waals surface area contributed by atoms with E-state index in [1.807, 2.05) is 42.5 Å². The molecule has 1 heteroatoms. The third-order valence-electron chi connectivity index (χ3n) is 2.02. The topological polar surface area (TPSA) is 20.2 Å². The Bertz CT molecular complexity index is 275. The van der Waals surface area contributed by atoms with Crippen molar-refractivity contribution < 1.29 is 5.11 Å². The van der Waals surface area contributed by atoms with Crippen molar-refractivity contribution in [1.29, 1.82) is 0 Å². The van der Waals surface area contributed by atoms with Crippen molar-refractivity contribution in [2.45, 2.75) is 26.4 Å². The standard InChI is InChI=1S/C13H18O/c1-11(2)10-13(14)9-8-12-6-4-3-5-7-12/h3-9,11,13-14H,10H2,1-2H3/b9-8+. The minimum absolute atomic E-state index is 0.324. The molecule has 0 fully saturated rings. The van der Waals surface area contributed by atoms with Gasteiger partial charge in [0.1, 0.15) is 0 Å². The number of hydrogen-bond acceptors (Lipinski definition) is 1. The van der Waals surface area contributed by atoms with Crippen LogP contribution in [0.25, 0.3) is 6.08 Å². The second-order valence-electron chi connectivity index (χ2n) is 3.97. The van der Waals surface area contributed by atoms with Gasteiger partial charge in [0, 0.05) is 0 Å². The third-order valence-corrected chi connectivity index (χ3v) is 2.02. The number of aliphatic hydroxyl groups excluding tert-OH is 1. The Morgan fingerprint density at radius 3 is 2.43 bits per heavy atom. The van der Waals surface area contributed by atoms with E-state index in [4.69, 9.17) is 0 Å². The average Bonchev–Trinajstić information content (AvgIpc) is 2.15. The van der Waals surface area contributed by atoms with E-state index in [1.165, 1.54) is 0 Å². The van der Waals surface area contributed by atoms with Crippen LogP contribution < -0.4 is 0 Å². The molecule has 0 bridgehead atoms. The van der Waals surface area contributed by atoms with E-state index in [0.29, 0.717) is 5.92 Å². The third kappa shape index (κ3) is 4.24. The summed E-state index contributed by atoms with van der Waals surface area (Å²) in [5.41, 5.74) is 1.13. The molecule has 0 saturated carbocycles. The van der Waals surface area contributed by atoms with E-state index in [2.05, 4.69) is 13.8 Å². The van der Waals surface area contributed by atoms with Crippen molar-refractivity contribution in [3.8, 4) is 0 Å². The van der Waals surface area contributed by atoms with Crippen LogP contribution in [0, 0.1) is 5.92 Å². The van der Waals surface area contributed by atoms with Gasteiger partial charge in [-0.05, 0) is 17.9 Å². The van der Waals surface area contributed by atoms with Crippen LogP contribution in [0.2, 0.25) is 0 Å². The second-order valence-corrected chi connectivity index (χ2v) is 3.97. The van der Waals surface area contributed by atoms with E-state index >= 15 is 0 Å². The van der Waals surface area contributed by atoms with Gasteiger partial charge in [-0.1, -0.05) is 56.3 Å². The monoisotopic (exact) mass is 190 g/mol. The predicted molar refractivity (Wildman–Crippen MR) is 60.9 cm³/mol. The zero-order valence-corrected chi connectivity index (χ0v) is 8.85. The molecule has 1 N–H and O–H groups in total. The molecule has 0 saturated heterocycles. The van der Waals surface area contributed by atoms with Gasteiger partial charge in [-0.25, -0.2) is 0 Å². The van der Waals surface area contributed by atoms with Crippen molar-refractivity contribution >= 4 is 6.08 Å². The van der Waals surface area contributed by atoms with Gasteiger partial charge in [-0.15, -0.1) is 0 Å². The lowest BCUT2D eigenvalue weighted by Crippen LogP contribution is -2.05. The second kappa shape index (κ2) is 5.61. The normalized spacial score (nSPS) is 13.7. The van der Waals surface area contributed by atoms with E-state index in [1.54, 1.807) is 0 Å². The smallest absolute Gasteiger partial charge is 0.0726 e. The molecule has 0 aliphatic carbocycles. The highest BCUT2D eigenvalue weighted by atomic mass is 16.3. The maximum Gasteiger partial charge on any atom is 0.0726 e. The average molecular weight is 190 g/mol. The van der Waals surface area contributed by atoms with Crippen LogP contribution in [-0.4, -0.2) is 11.2 Å². The van der Waals surface area contributed by atoms with Crippen molar-refractivity contribution in [1.82, 2.24) is 0 Å². The molecule has 0 aromatic heterocycles. The van der Waals surface area contributed by atoms with Gasteiger partial charge >= 0.3 is 0 Å². The van der Waals surface area contributed by atoms with Crippen LogP contribution in [-0.2, 0) is 0 Å². The molecule has 76 valence electrons. The van der Waals surface area contributed by atoms with E-state index < -0.39 is 0 Å². The van der Waals surface area contributed by atoms with Crippen molar-refractivity contribution in [3.05, 3.63) is 42.0 Å². The van der Waals surface area contributed by atoms with Gasteiger partial charge < -0.3 is 5.11 Å². The highest BCUT2D eigenvalue weighted by molar-refractivity contribution is 5.49. The summed E-state index contributed by atoms with van der Waals surface area (Å²) in [6.07, 6.45) is 4.32. The van der Waals surface area contributed by atoms with Gasteiger partial charge in [-0.2, -0.15) is 0 Å². The largest absolute Gasteiger partial charge is 0.389 e. The number of aliphatic hydroxyl groups is 1. The maximum absolute atomic E-state index is 9.59. The molecular weight excluding hydrogens is 172 g/mol. The van der Waals surface area contributed by atoms with Crippen LogP contribution in [0.4, 0.5) is 0 Å². The molecule has 1 rings (SSSR count). The number of rotatable bonds is 4. The number of benzene rings is 1. The first-order valence-corrected chi connectivity index (χ1v) is 5.10. The summed E-state index contributed by atoms with van der Waals surface area (Å²) >= 11 is 0. The molecule has 0 aliphatic heterocycles. The minimum Gasteiger partial charge on any atom is -0.389 e. The van der Waals surface area contributed by atoms with Gasteiger partial charge in [0.25, 0.3) is 0 Å². The highest BCUT2D eigenvalue weighted by Gasteiger charge is 2.01. The first-order valence-electron chi connectivity index (χ1n) is 5.10. The molecule has 1 atom stereocenters. The molecule has 1 unspecified atom stereocenters. The van der Waals surface area contributed by atoms with E-state index in [-0.39, 0.29) is 6.10 Å². The van der Waals surface area contributed by atoms with E-state index in [9.17, 15) is 5.11 Å². The van der Waals surface area contributed by atoms with Gasteiger partial charge in [0.05, 0.1) is 6.10 Å². The van der Waals surface area contributed by atoms with Crippen LogP contribution in [0.15, 0.2) is 36.4 Å². The number of hydrogen-bond donors (Lipinski definition) is 1. The Balaban J connectivity index is 2.48. The Morgan fingerprint density at radius 1 is 1.21 bits per heavy atom. The van der Waals surface area contributed by atoms with Crippen molar-refractivity contribution in [2.75, 3.05) is 0 Å². The fourth-order valence-electron chi connectivity index (χ4n) is 1.35. The lowest BCUT2D eigenvalue weighted by atomic mass is 10.1. The van der Waals surface area contributed by atoms with Crippen LogP contribution >= 0.6 is 0 Å². The molecule has 0 spiro atoms. The zero-order chi connectivity index (χ0) is 10.4. The zero-order valence-electron chi connectivity index (χ0n) is 8.85. The lowest BCUT2D eigenvalue weighted by Gasteiger charge is -2.07. The Labute approximate surface area is 86.1 Å². The minimum atomic E-state index is -0.324. The Hall–Kier alpha value is -1.08. The summed E-state index contributed by atoms with van der Waals surface area (Å²) in [5, 5.41) is 9.59. The van der Waals surface area contributed by atoms with Crippen molar-refractivity contribution in [2.24, 2.45) is 5.92 Å². The highest BCUT2D eigenvalue weighted by Crippen LogP contribution is 2.08. The summed E-state index contributed by atoms with van der Waals surface area (Å²) in [6.45, 7) is 4.22. The summed E-state index contributed by atoms with van der Waals surface area (Å²) in [7, 11) is 0. The molecule has 14 heavy (non-hydrogen) atoms. The molecule has 1 aromatic rings. The first-order chi connectivity index (χ1) is 6.68. The summed E-state index contributed by atoms with van der Waals surface area (Å²) in [6, 6.07) is 10.0. The van der Waals surface area contributed by atoms with Crippen molar-refractivity contribution in [3.63, 3.8) is 0 Å². The lowest BCUT2D eigenvalue weighted by molar-refractivity contribution is 0.195. The van der Waals surface area contributed by atoms with Crippen LogP contribution in [0.5, 0.6) is 0 Å². The Morgan fingerprint density at radius 2 is 1.86 bits per heavy atom. The quantitative estimate of drug-likeness (QED) is 0.773. The molecule has 0 radical (unpaired) electrons. The SMILES string of the molecule is CC(C)CC(O)/C=C/c1ccccc1. The summed E-state index contributed by atoms with van der Waals surface area (Å²) in [5.74, 6) is 0.533. The summed E-state index contributed by atoms with van der Waals surface area (Å²) < 4.78 is 0. The molecule has 0 aliphatic rings. The Kier molecular flexibility index (Phi) is 4.41. The van der Waals surface area contributed by atoms with Gasteiger partial charge in [-0.3, -0.25) is 0 Å². The van der Waals surface area contributed by atoms with Crippen LogP contribution in [0.1, 0.15) is 25.8 Å². The molecule has 0 heterocycles. The first kappa shape index (κ1) is 11.0. The molecule has 1 nitrogen and oxygen atoms in total. The predicted octanol–water partition coefficient (Wildman–Crippen LogP) is 3.11. The fourth-order valence-corrected chi connectivity index (χ4v) is 1.35. The fraction of sp³-hybridized carbons (Fsp3) is 0.385. The summed E-state index contributed by atoms with van der Waals surface area (Å²) in [4.78, 5) is 0. The molecular formula is C13H18O. The maximum atomic E-state index is 9.59. The van der Waals surface area contributed by atoms with Gasteiger partial charge in [0.2, 0.25) is 0 Å². The molecule has 0 amide bonds.